The van der Waals surface area contributed by atoms with Gasteiger partial charge in [0.05, 0.1) is 36.7 Å². The molecule has 26 heavy (non-hydrogen) atoms. The first kappa shape index (κ1) is 16.2. The Morgan fingerprint density at radius 2 is 1.08 bits per heavy atom. The van der Waals surface area contributed by atoms with Crippen molar-refractivity contribution in [3.63, 3.8) is 0 Å². The lowest BCUT2D eigenvalue weighted by molar-refractivity contribution is -0.114. The number of carbonyl (C=O) groups is 2. The number of nitrogens with zero attached hydrogens (tertiary/aromatic N) is 2. The van der Waals surface area contributed by atoms with Gasteiger partial charge in [-0.3, -0.25) is 9.59 Å². The van der Waals surface area contributed by atoms with Crippen LogP contribution in [-0.4, -0.2) is 40.1 Å². The Kier molecular flexibility index (Phi) is 3.50. The molecule has 0 unspecified atom stereocenters. The van der Waals surface area contributed by atoms with E-state index < -0.39 is 0 Å². The predicted octanol–water partition coefficient (Wildman–Crippen LogP) is 2.57. The third-order valence-electron chi connectivity index (χ3n) is 4.96. The first-order valence-electron chi connectivity index (χ1n) is 8.15. The van der Waals surface area contributed by atoms with Gasteiger partial charge in [0.1, 0.15) is 11.5 Å². The molecule has 0 aromatic heterocycles. The zero-order valence-corrected chi connectivity index (χ0v) is 15.0. The van der Waals surface area contributed by atoms with Crippen LogP contribution in [0.5, 0.6) is 11.5 Å². The Bertz CT molecular complexity index is 914. The van der Waals surface area contributed by atoms with Crippen LogP contribution in [0.15, 0.2) is 36.4 Å². The average molecular weight is 350 g/mol. The lowest BCUT2D eigenvalue weighted by Crippen LogP contribution is -2.24. The third-order valence-corrected chi connectivity index (χ3v) is 4.96. The molecule has 2 aromatic rings. The van der Waals surface area contributed by atoms with Crippen LogP contribution in [0.3, 0.4) is 0 Å². The van der Waals surface area contributed by atoms with Crippen molar-refractivity contribution in [1.29, 1.82) is 0 Å². The number of amides is 2. The molecule has 0 atom stereocenters. The molecular weight excluding hydrogens is 332 g/mol. The number of carbonyl (C=O) groups excluding carboxylic acids is 2. The summed E-state index contributed by atoms with van der Waals surface area (Å²) in [4.78, 5) is 29.0. The van der Waals surface area contributed by atoms with E-state index in [1.807, 2.05) is 12.1 Å². The largest absolute Gasteiger partial charge is 0.497 e. The topological polar surface area (TPSA) is 59.1 Å². The molecule has 132 valence electrons. The summed E-state index contributed by atoms with van der Waals surface area (Å²) in [7, 11) is 6.56. The molecule has 0 radical (unpaired) electrons. The molecule has 0 saturated carbocycles. The highest BCUT2D eigenvalue weighted by atomic mass is 16.5. The Morgan fingerprint density at radius 1 is 0.692 bits per heavy atom. The quantitative estimate of drug-likeness (QED) is 0.781. The normalized spacial score (nSPS) is 18.3. The summed E-state index contributed by atoms with van der Waals surface area (Å²) in [5, 5.41) is 0. The summed E-state index contributed by atoms with van der Waals surface area (Å²) in [6, 6.07) is 10.9. The fourth-order valence-electron chi connectivity index (χ4n) is 3.52. The van der Waals surface area contributed by atoms with Crippen LogP contribution in [0.4, 0.5) is 11.4 Å². The van der Waals surface area contributed by atoms with E-state index in [4.69, 9.17) is 9.47 Å². The SMILES string of the molecule is COc1ccc2c(c1)N(C)C(=O)/C2=C1/C(=O)N(C)c2cc(OC)ccc21. The van der Waals surface area contributed by atoms with Crippen LogP contribution in [0.2, 0.25) is 0 Å². The van der Waals surface area contributed by atoms with Crippen molar-refractivity contribution in [2.24, 2.45) is 0 Å². The summed E-state index contributed by atoms with van der Waals surface area (Å²) in [5.74, 6) is 0.923. The maximum atomic E-state index is 13.0. The highest BCUT2D eigenvalue weighted by Gasteiger charge is 2.40. The molecule has 6 nitrogen and oxygen atoms in total. The molecular formula is C20H18N2O4. The van der Waals surface area contributed by atoms with Crippen LogP contribution in [0.1, 0.15) is 11.1 Å². The van der Waals surface area contributed by atoms with E-state index in [0.29, 0.717) is 22.6 Å². The first-order chi connectivity index (χ1) is 12.5. The van der Waals surface area contributed by atoms with E-state index >= 15 is 0 Å². The van der Waals surface area contributed by atoms with E-state index in [-0.39, 0.29) is 11.8 Å². The summed E-state index contributed by atoms with van der Waals surface area (Å²) >= 11 is 0. The highest BCUT2D eigenvalue weighted by molar-refractivity contribution is 6.49. The fraction of sp³-hybridized carbons (Fsp3) is 0.200. The van der Waals surface area contributed by atoms with Crippen LogP contribution in [0.25, 0.3) is 11.1 Å². The Balaban J connectivity index is 1.99. The van der Waals surface area contributed by atoms with E-state index in [1.54, 1.807) is 62.4 Å². The minimum atomic E-state index is -0.200. The van der Waals surface area contributed by atoms with Crippen LogP contribution in [0, 0.1) is 0 Å². The molecule has 4 rings (SSSR count). The summed E-state index contributed by atoms with van der Waals surface area (Å²) in [6.45, 7) is 0. The van der Waals surface area contributed by atoms with Gasteiger partial charge in [-0.25, -0.2) is 0 Å². The molecule has 0 spiro atoms. The maximum absolute atomic E-state index is 13.0. The van der Waals surface area contributed by atoms with Crippen molar-refractivity contribution in [3.05, 3.63) is 47.5 Å². The summed E-state index contributed by atoms with van der Waals surface area (Å²) in [6.07, 6.45) is 0. The van der Waals surface area contributed by atoms with E-state index in [0.717, 1.165) is 22.5 Å². The number of benzene rings is 2. The molecule has 2 aromatic carbocycles. The van der Waals surface area contributed by atoms with Gasteiger partial charge in [0, 0.05) is 37.4 Å². The van der Waals surface area contributed by atoms with Crippen molar-refractivity contribution >= 4 is 34.3 Å². The maximum Gasteiger partial charge on any atom is 0.259 e. The van der Waals surface area contributed by atoms with E-state index in [2.05, 4.69) is 0 Å². The molecule has 0 aliphatic carbocycles. The standard InChI is InChI=1S/C20H18N2O4/c1-21-15-9-11(25-3)5-7-13(15)17(19(21)23)18-14-8-6-12(26-4)10-16(14)22(2)20(18)24/h5-10H,1-4H3/b18-17+. The number of likely N-dealkylation sites (N-methyl/N-ethyl adjacent to an activating group) is 2. The predicted molar refractivity (Wildman–Crippen MR) is 99.6 cm³/mol. The Labute approximate surface area is 151 Å². The van der Waals surface area contributed by atoms with Crippen LogP contribution >= 0.6 is 0 Å². The molecule has 6 heteroatoms. The van der Waals surface area contributed by atoms with Crippen molar-refractivity contribution in [2.75, 3.05) is 38.1 Å². The molecule has 0 bridgehead atoms. The average Bonchev–Trinajstić information content (AvgIpc) is 3.06. The van der Waals surface area contributed by atoms with Gasteiger partial charge >= 0.3 is 0 Å². The van der Waals surface area contributed by atoms with Gasteiger partial charge < -0.3 is 19.3 Å². The second-order valence-electron chi connectivity index (χ2n) is 6.24. The second kappa shape index (κ2) is 5.62. The molecule has 2 aliphatic heterocycles. The summed E-state index contributed by atoms with van der Waals surface area (Å²) in [5.41, 5.74) is 3.78. The minimum Gasteiger partial charge on any atom is -0.497 e. The Morgan fingerprint density at radius 3 is 1.42 bits per heavy atom. The van der Waals surface area contributed by atoms with Gasteiger partial charge in [-0.05, 0) is 24.3 Å². The van der Waals surface area contributed by atoms with Gasteiger partial charge in [0.25, 0.3) is 11.8 Å². The molecule has 2 heterocycles. The van der Waals surface area contributed by atoms with Gasteiger partial charge in [0.15, 0.2) is 0 Å². The number of ether oxygens (including phenoxy) is 2. The van der Waals surface area contributed by atoms with Gasteiger partial charge in [-0.1, -0.05) is 0 Å². The molecule has 0 saturated heterocycles. The lowest BCUT2D eigenvalue weighted by Gasteiger charge is -2.10. The lowest BCUT2D eigenvalue weighted by atomic mass is 9.96. The number of rotatable bonds is 2. The van der Waals surface area contributed by atoms with Crippen LogP contribution in [-0.2, 0) is 9.59 Å². The first-order valence-corrected chi connectivity index (χ1v) is 8.15. The monoisotopic (exact) mass is 350 g/mol. The Hall–Kier alpha value is -3.28. The number of hydrogen-bond donors (Lipinski definition) is 0. The molecule has 2 aliphatic rings. The smallest absolute Gasteiger partial charge is 0.259 e. The third kappa shape index (κ3) is 2.05. The number of fused-ring (bicyclic) bond motifs is 2. The van der Waals surface area contributed by atoms with Crippen molar-refractivity contribution in [2.45, 2.75) is 0 Å². The summed E-state index contributed by atoms with van der Waals surface area (Å²) < 4.78 is 10.5. The fourth-order valence-corrected chi connectivity index (χ4v) is 3.52. The van der Waals surface area contributed by atoms with Gasteiger partial charge in [-0.15, -0.1) is 0 Å². The van der Waals surface area contributed by atoms with Crippen molar-refractivity contribution < 1.29 is 19.1 Å². The second-order valence-corrected chi connectivity index (χ2v) is 6.24. The minimum absolute atomic E-state index is 0.200. The number of anilines is 2. The zero-order chi connectivity index (χ0) is 18.6. The van der Waals surface area contributed by atoms with Gasteiger partial charge in [0.2, 0.25) is 0 Å². The zero-order valence-electron chi connectivity index (χ0n) is 15.0. The number of hydrogen-bond acceptors (Lipinski definition) is 4. The van der Waals surface area contributed by atoms with Crippen molar-refractivity contribution in [1.82, 2.24) is 0 Å². The van der Waals surface area contributed by atoms with E-state index in [1.165, 1.54) is 0 Å². The van der Waals surface area contributed by atoms with Gasteiger partial charge in [-0.2, -0.15) is 0 Å². The molecule has 2 amide bonds. The van der Waals surface area contributed by atoms with E-state index in [9.17, 15) is 9.59 Å². The molecule has 0 N–H and O–H groups in total. The van der Waals surface area contributed by atoms with Crippen molar-refractivity contribution in [3.8, 4) is 11.5 Å². The van der Waals surface area contributed by atoms with Crippen LogP contribution < -0.4 is 19.3 Å². The highest BCUT2D eigenvalue weighted by Crippen LogP contribution is 2.47. The molecule has 0 fully saturated rings. The number of methoxy groups -OCH3 is 2.